The smallest absolute Gasteiger partial charge is 0.211 e. The van der Waals surface area contributed by atoms with Gasteiger partial charge in [0.1, 0.15) is 5.82 Å². The Hall–Kier alpha value is -0.460. The summed E-state index contributed by atoms with van der Waals surface area (Å²) in [6.45, 7) is 0.481. The molecular formula is C14H17BrFNO2S. The van der Waals surface area contributed by atoms with Crippen LogP contribution in [0.4, 0.5) is 4.39 Å². The fourth-order valence-corrected chi connectivity index (χ4v) is 4.03. The van der Waals surface area contributed by atoms with Gasteiger partial charge in [0.05, 0.1) is 9.37 Å². The van der Waals surface area contributed by atoms with Gasteiger partial charge in [-0.15, -0.1) is 0 Å². The largest absolute Gasteiger partial charge is 0.240 e. The van der Waals surface area contributed by atoms with Gasteiger partial charge in [-0.05, 0) is 77.6 Å². The van der Waals surface area contributed by atoms with Crippen molar-refractivity contribution in [3.63, 3.8) is 0 Å². The first kappa shape index (κ1) is 14.5. The average molecular weight is 362 g/mol. The fourth-order valence-electron chi connectivity index (χ4n) is 2.70. The van der Waals surface area contributed by atoms with E-state index in [1.54, 1.807) is 0 Å². The third-order valence-corrected chi connectivity index (χ3v) is 6.23. The third kappa shape index (κ3) is 3.23. The van der Waals surface area contributed by atoms with E-state index in [1.165, 1.54) is 37.8 Å². The van der Waals surface area contributed by atoms with E-state index in [0.717, 1.165) is 6.07 Å². The molecule has 0 aromatic heterocycles. The van der Waals surface area contributed by atoms with Gasteiger partial charge in [0.25, 0.3) is 0 Å². The Balaban J connectivity index is 1.69. The van der Waals surface area contributed by atoms with Crippen molar-refractivity contribution in [2.75, 3.05) is 6.54 Å². The van der Waals surface area contributed by atoms with E-state index in [1.807, 2.05) is 0 Å². The molecule has 2 saturated carbocycles. The Kier molecular flexibility index (Phi) is 3.90. The molecule has 2 aliphatic carbocycles. The molecule has 0 saturated heterocycles. The third-order valence-electron chi connectivity index (χ3n) is 4.17. The monoisotopic (exact) mass is 361 g/mol. The summed E-state index contributed by atoms with van der Waals surface area (Å²) in [6.07, 6.45) is 4.87. The van der Waals surface area contributed by atoms with Crippen molar-refractivity contribution in [1.82, 2.24) is 4.72 Å². The van der Waals surface area contributed by atoms with Crippen molar-refractivity contribution in [1.29, 1.82) is 0 Å². The quantitative estimate of drug-likeness (QED) is 0.844. The molecule has 0 radical (unpaired) electrons. The Morgan fingerprint density at radius 2 is 1.85 bits per heavy atom. The molecule has 6 heteroatoms. The molecule has 110 valence electrons. The lowest BCUT2D eigenvalue weighted by Gasteiger charge is -2.16. The number of sulfonamides is 1. The molecule has 0 unspecified atom stereocenters. The zero-order valence-corrected chi connectivity index (χ0v) is 13.4. The lowest BCUT2D eigenvalue weighted by Crippen LogP contribution is -2.31. The molecule has 0 atom stereocenters. The number of benzene rings is 1. The second-order valence-corrected chi connectivity index (χ2v) is 8.39. The molecule has 0 bridgehead atoms. The van der Waals surface area contributed by atoms with Gasteiger partial charge in [0.2, 0.25) is 10.0 Å². The molecule has 1 aromatic rings. The van der Waals surface area contributed by atoms with Gasteiger partial charge in [-0.3, -0.25) is 0 Å². The number of halogens is 2. The topological polar surface area (TPSA) is 46.2 Å². The van der Waals surface area contributed by atoms with Crippen LogP contribution in [0.3, 0.4) is 0 Å². The highest BCUT2D eigenvalue weighted by Crippen LogP contribution is 2.48. The molecule has 2 aliphatic rings. The minimum absolute atomic E-state index is 0.0106. The van der Waals surface area contributed by atoms with Crippen molar-refractivity contribution < 1.29 is 12.8 Å². The summed E-state index contributed by atoms with van der Waals surface area (Å²) in [5.41, 5.74) is 0. The molecular weight excluding hydrogens is 345 g/mol. The van der Waals surface area contributed by atoms with Gasteiger partial charge in [-0.2, -0.15) is 0 Å². The van der Waals surface area contributed by atoms with Crippen LogP contribution in [0.1, 0.15) is 25.7 Å². The highest BCUT2D eigenvalue weighted by molar-refractivity contribution is 9.10. The van der Waals surface area contributed by atoms with E-state index in [9.17, 15) is 12.8 Å². The summed E-state index contributed by atoms with van der Waals surface area (Å²) < 4.78 is 40.8. The summed E-state index contributed by atoms with van der Waals surface area (Å²) in [5, 5.41) is 0. The average Bonchev–Trinajstić information content (AvgIpc) is 3.25. The Labute approximate surface area is 127 Å². The highest BCUT2D eigenvalue weighted by Gasteiger charge is 2.41. The molecule has 3 nitrogen and oxygen atoms in total. The van der Waals surface area contributed by atoms with Crippen molar-refractivity contribution in [2.24, 2.45) is 17.8 Å². The van der Waals surface area contributed by atoms with Crippen LogP contribution >= 0.6 is 15.9 Å². The Morgan fingerprint density at radius 3 is 2.35 bits per heavy atom. The molecule has 1 N–H and O–H groups in total. The van der Waals surface area contributed by atoms with E-state index in [-0.39, 0.29) is 9.37 Å². The SMILES string of the molecule is O=S(=O)(NCC(C1CC1)C1CC1)c1ccc(Br)c(F)c1. The van der Waals surface area contributed by atoms with E-state index in [4.69, 9.17) is 0 Å². The second kappa shape index (κ2) is 5.39. The lowest BCUT2D eigenvalue weighted by molar-refractivity contribution is 0.401. The molecule has 0 heterocycles. The molecule has 20 heavy (non-hydrogen) atoms. The summed E-state index contributed by atoms with van der Waals surface area (Å²) in [4.78, 5) is -0.0106. The van der Waals surface area contributed by atoms with Crippen LogP contribution in [0.15, 0.2) is 27.6 Å². The Morgan fingerprint density at radius 1 is 1.25 bits per heavy atom. The first-order valence-corrected chi connectivity index (χ1v) is 9.20. The van der Waals surface area contributed by atoms with Crippen LogP contribution in [0.2, 0.25) is 0 Å². The van der Waals surface area contributed by atoms with Gasteiger partial charge < -0.3 is 0 Å². The maximum atomic E-state index is 13.4. The van der Waals surface area contributed by atoms with Crippen molar-refractivity contribution in [3.8, 4) is 0 Å². The van der Waals surface area contributed by atoms with Crippen LogP contribution in [0.5, 0.6) is 0 Å². The minimum atomic E-state index is -3.62. The molecule has 3 rings (SSSR count). The van der Waals surface area contributed by atoms with Crippen molar-refractivity contribution in [2.45, 2.75) is 30.6 Å². The van der Waals surface area contributed by atoms with E-state index < -0.39 is 15.8 Å². The van der Waals surface area contributed by atoms with Crippen LogP contribution < -0.4 is 4.72 Å². The van der Waals surface area contributed by atoms with Gasteiger partial charge in [0.15, 0.2) is 0 Å². The standard InChI is InChI=1S/C14H17BrFNO2S/c15-13-6-5-11(7-14(13)16)20(18,19)17-8-12(9-1-2-9)10-3-4-10/h5-7,9-10,12,17H,1-4,8H2. The molecule has 0 spiro atoms. The molecule has 2 fully saturated rings. The number of hydrogen-bond donors (Lipinski definition) is 1. The van der Waals surface area contributed by atoms with Gasteiger partial charge in [-0.25, -0.2) is 17.5 Å². The predicted octanol–water partition coefficient (Wildman–Crippen LogP) is 3.30. The highest BCUT2D eigenvalue weighted by atomic mass is 79.9. The van der Waals surface area contributed by atoms with Crippen molar-refractivity contribution in [3.05, 3.63) is 28.5 Å². The van der Waals surface area contributed by atoms with Crippen LogP contribution in [0, 0.1) is 23.6 Å². The zero-order chi connectivity index (χ0) is 14.3. The van der Waals surface area contributed by atoms with E-state index in [2.05, 4.69) is 20.7 Å². The minimum Gasteiger partial charge on any atom is -0.211 e. The molecule has 0 amide bonds. The van der Waals surface area contributed by atoms with Gasteiger partial charge in [-0.1, -0.05) is 0 Å². The number of hydrogen-bond acceptors (Lipinski definition) is 2. The Bertz CT molecular complexity index is 600. The summed E-state index contributed by atoms with van der Waals surface area (Å²) in [7, 11) is -3.62. The van der Waals surface area contributed by atoms with Crippen molar-refractivity contribution >= 4 is 26.0 Å². The number of nitrogens with one attached hydrogen (secondary N) is 1. The van der Waals surface area contributed by atoms with Crippen LogP contribution in [0.25, 0.3) is 0 Å². The predicted molar refractivity (Wildman–Crippen MR) is 78.2 cm³/mol. The zero-order valence-electron chi connectivity index (χ0n) is 11.0. The first-order valence-electron chi connectivity index (χ1n) is 6.92. The maximum Gasteiger partial charge on any atom is 0.240 e. The first-order chi connectivity index (χ1) is 9.47. The summed E-state index contributed by atoms with van der Waals surface area (Å²) >= 11 is 3.02. The molecule has 1 aromatic carbocycles. The second-order valence-electron chi connectivity index (χ2n) is 5.77. The normalized spacial score (nSPS) is 19.6. The maximum absolute atomic E-state index is 13.4. The van der Waals surface area contributed by atoms with Crippen LogP contribution in [-0.4, -0.2) is 15.0 Å². The van der Waals surface area contributed by atoms with Crippen LogP contribution in [-0.2, 0) is 10.0 Å². The van der Waals surface area contributed by atoms with Gasteiger partial charge in [0, 0.05) is 6.54 Å². The van der Waals surface area contributed by atoms with Gasteiger partial charge >= 0.3 is 0 Å². The number of rotatable bonds is 6. The molecule has 0 aliphatic heterocycles. The fraction of sp³-hybridized carbons (Fsp3) is 0.571. The summed E-state index contributed by atoms with van der Waals surface area (Å²) in [5.74, 6) is 1.28. The van der Waals surface area contributed by atoms with E-state index >= 15 is 0 Å². The summed E-state index contributed by atoms with van der Waals surface area (Å²) in [6, 6.07) is 3.89. The van der Waals surface area contributed by atoms with E-state index in [0.29, 0.717) is 24.3 Å². The lowest BCUT2D eigenvalue weighted by atomic mass is 9.99.